The summed E-state index contributed by atoms with van der Waals surface area (Å²) in [5.41, 5.74) is 6.38. The second-order valence-corrected chi connectivity index (χ2v) is 9.97. The van der Waals surface area contributed by atoms with Gasteiger partial charge in [-0.2, -0.15) is 4.31 Å². The molecule has 0 fully saturated rings. The van der Waals surface area contributed by atoms with Crippen molar-refractivity contribution in [1.82, 2.24) is 4.31 Å². The summed E-state index contributed by atoms with van der Waals surface area (Å²) in [6, 6.07) is 14.7. The van der Waals surface area contributed by atoms with Crippen molar-refractivity contribution in [3.63, 3.8) is 0 Å². The van der Waals surface area contributed by atoms with Crippen molar-refractivity contribution in [2.75, 3.05) is 13.1 Å². The van der Waals surface area contributed by atoms with Crippen molar-refractivity contribution >= 4 is 21.9 Å². The van der Waals surface area contributed by atoms with Crippen LogP contribution in [-0.2, 0) is 21.2 Å². The summed E-state index contributed by atoms with van der Waals surface area (Å²) in [4.78, 5) is 22.9. The SMILES string of the molecule is CC(=O)c1ccc(S(=O)(=O)N(CC(C)C)C[C@H](O)[C@H](Cc2ccccc2)OC(N)=O)cc1. The Morgan fingerprint density at radius 3 is 2.12 bits per heavy atom. The van der Waals surface area contributed by atoms with E-state index in [9.17, 15) is 23.1 Å². The molecule has 0 bridgehead atoms. The molecule has 3 N–H and O–H groups in total. The van der Waals surface area contributed by atoms with Gasteiger partial charge in [0.1, 0.15) is 12.2 Å². The second-order valence-electron chi connectivity index (χ2n) is 8.03. The number of amides is 1. The summed E-state index contributed by atoms with van der Waals surface area (Å²) in [7, 11) is -3.98. The van der Waals surface area contributed by atoms with Gasteiger partial charge in [0, 0.05) is 25.1 Å². The number of ketones is 1. The Bertz CT molecular complexity index is 1010. The topological polar surface area (TPSA) is 127 Å². The van der Waals surface area contributed by atoms with E-state index in [-0.39, 0.29) is 36.1 Å². The molecule has 2 rings (SSSR count). The first-order valence-electron chi connectivity index (χ1n) is 10.3. The van der Waals surface area contributed by atoms with Crippen LogP contribution in [0.4, 0.5) is 4.79 Å². The van der Waals surface area contributed by atoms with Crippen LogP contribution < -0.4 is 5.73 Å². The highest BCUT2D eigenvalue weighted by atomic mass is 32.2. The number of benzene rings is 2. The van der Waals surface area contributed by atoms with Crippen LogP contribution in [0.1, 0.15) is 36.7 Å². The number of hydrogen-bond acceptors (Lipinski definition) is 6. The Hall–Kier alpha value is -2.75. The van der Waals surface area contributed by atoms with E-state index >= 15 is 0 Å². The molecule has 0 unspecified atom stereocenters. The largest absolute Gasteiger partial charge is 0.443 e. The van der Waals surface area contributed by atoms with E-state index in [1.54, 1.807) is 0 Å². The van der Waals surface area contributed by atoms with Crippen molar-refractivity contribution in [3.05, 3.63) is 65.7 Å². The summed E-state index contributed by atoms with van der Waals surface area (Å²) >= 11 is 0. The number of carbonyl (C=O) groups excluding carboxylic acids is 2. The molecule has 0 saturated carbocycles. The molecule has 0 saturated heterocycles. The highest BCUT2D eigenvalue weighted by Gasteiger charge is 2.32. The Morgan fingerprint density at radius 2 is 1.62 bits per heavy atom. The summed E-state index contributed by atoms with van der Waals surface area (Å²) in [6.45, 7) is 4.96. The predicted octanol–water partition coefficient (Wildman–Crippen LogP) is 2.60. The zero-order valence-electron chi connectivity index (χ0n) is 18.5. The molecule has 32 heavy (non-hydrogen) atoms. The first-order chi connectivity index (χ1) is 15.0. The monoisotopic (exact) mass is 462 g/mol. The fourth-order valence-corrected chi connectivity index (χ4v) is 4.89. The number of rotatable bonds is 11. The molecule has 9 heteroatoms. The lowest BCUT2D eigenvalue weighted by Gasteiger charge is -2.29. The minimum Gasteiger partial charge on any atom is -0.443 e. The molecule has 8 nitrogen and oxygen atoms in total. The van der Waals surface area contributed by atoms with Crippen LogP contribution in [-0.4, -0.2) is 55.0 Å². The lowest BCUT2D eigenvalue weighted by atomic mass is 10.0. The van der Waals surface area contributed by atoms with Gasteiger partial charge in [0.15, 0.2) is 5.78 Å². The first kappa shape index (κ1) is 25.5. The quantitative estimate of drug-likeness (QED) is 0.494. The summed E-state index contributed by atoms with van der Waals surface area (Å²) in [5, 5.41) is 10.8. The van der Waals surface area contributed by atoms with Gasteiger partial charge >= 0.3 is 6.09 Å². The van der Waals surface area contributed by atoms with Crippen molar-refractivity contribution in [1.29, 1.82) is 0 Å². The lowest BCUT2D eigenvalue weighted by Crippen LogP contribution is -2.46. The molecule has 2 aromatic rings. The summed E-state index contributed by atoms with van der Waals surface area (Å²) < 4.78 is 32.8. The van der Waals surface area contributed by atoms with Gasteiger partial charge in [0.05, 0.1) is 4.90 Å². The van der Waals surface area contributed by atoms with E-state index in [2.05, 4.69) is 0 Å². The average molecular weight is 463 g/mol. The van der Waals surface area contributed by atoms with Gasteiger partial charge < -0.3 is 15.6 Å². The zero-order chi connectivity index (χ0) is 23.9. The Labute approximate surface area is 189 Å². The number of Topliss-reactive ketones (excluding diaryl/α,β-unsaturated/α-hetero) is 1. The molecule has 174 valence electrons. The van der Waals surface area contributed by atoms with Gasteiger partial charge in [0.25, 0.3) is 0 Å². The zero-order valence-corrected chi connectivity index (χ0v) is 19.3. The third kappa shape index (κ3) is 7.15. The number of primary amides is 1. The van der Waals surface area contributed by atoms with Crippen LogP contribution in [0.25, 0.3) is 0 Å². The van der Waals surface area contributed by atoms with Crippen molar-refractivity contribution < 1.29 is 27.9 Å². The standard InChI is InChI=1S/C23H30N2O6S/c1-16(2)14-25(32(29,30)20-11-9-19(10-12-20)17(3)26)15-21(27)22(31-23(24)28)13-18-7-5-4-6-8-18/h4-12,16,21-22,27H,13-15H2,1-3H3,(H2,24,28)/t21-,22-/m0/s1. The van der Waals surface area contributed by atoms with Crippen LogP contribution in [0.2, 0.25) is 0 Å². The minimum atomic E-state index is -3.98. The third-order valence-electron chi connectivity index (χ3n) is 4.83. The predicted molar refractivity (Wildman–Crippen MR) is 121 cm³/mol. The van der Waals surface area contributed by atoms with Crippen LogP contribution >= 0.6 is 0 Å². The van der Waals surface area contributed by atoms with E-state index in [0.717, 1.165) is 9.87 Å². The van der Waals surface area contributed by atoms with E-state index in [1.165, 1.54) is 31.2 Å². The fourth-order valence-electron chi connectivity index (χ4n) is 3.27. The molecule has 0 aliphatic heterocycles. The van der Waals surface area contributed by atoms with Gasteiger partial charge in [-0.25, -0.2) is 13.2 Å². The highest BCUT2D eigenvalue weighted by molar-refractivity contribution is 7.89. The van der Waals surface area contributed by atoms with E-state index in [0.29, 0.717) is 5.56 Å². The van der Waals surface area contributed by atoms with Gasteiger partial charge in [-0.1, -0.05) is 56.3 Å². The number of aliphatic hydroxyl groups is 1. The van der Waals surface area contributed by atoms with Crippen molar-refractivity contribution in [3.8, 4) is 0 Å². The maximum absolute atomic E-state index is 13.3. The molecule has 2 atom stereocenters. The smallest absolute Gasteiger partial charge is 0.404 e. The normalized spacial score (nSPS) is 13.7. The molecular formula is C23H30N2O6S. The van der Waals surface area contributed by atoms with Crippen molar-refractivity contribution in [2.24, 2.45) is 11.7 Å². The van der Waals surface area contributed by atoms with Crippen LogP contribution in [0.15, 0.2) is 59.5 Å². The minimum absolute atomic E-state index is 0.00535. The lowest BCUT2D eigenvalue weighted by molar-refractivity contribution is -0.00189. The Kier molecular flexibility index (Phi) is 8.94. The number of hydrogen-bond donors (Lipinski definition) is 2. The molecule has 0 aliphatic carbocycles. The maximum atomic E-state index is 13.3. The maximum Gasteiger partial charge on any atom is 0.404 e. The molecule has 0 spiro atoms. The second kappa shape index (κ2) is 11.2. The van der Waals surface area contributed by atoms with Crippen LogP contribution in [0.5, 0.6) is 0 Å². The molecule has 1 amide bonds. The molecule has 0 heterocycles. The number of ether oxygens (including phenoxy) is 1. The summed E-state index contributed by atoms with van der Waals surface area (Å²) in [6.07, 6.45) is -3.22. The van der Waals surface area contributed by atoms with Crippen LogP contribution in [0.3, 0.4) is 0 Å². The molecule has 0 aliphatic rings. The number of nitrogens with two attached hydrogens (primary N) is 1. The number of aliphatic hydroxyl groups excluding tert-OH is 1. The molecule has 0 aromatic heterocycles. The van der Waals surface area contributed by atoms with Crippen molar-refractivity contribution in [2.45, 2.75) is 44.3 Å². The molecule has 0 radical (unpaired) electrons. The van der Waals surface area contributed by atoms with Gasteiger partial charge in [-0.05, 0) is 30.5 Å². The van der Waals surface area contributed by atoms with Gasteiger partial charge in [-0.15, -0.1) is 0 Å². The van der Waals surface area contributed by atoms with E-state index in [1.807, 2.05) is 44.2 Å². The average Bonchev–Trinajstić information content (AvgIpc) is 2.73. The number of sulfonamides is 1. The number of nitrogens with zero attached hydrogens (tertiary/aromatic N) is 1. The highest BCUT2D eigenvalue weighted by Crippen LogP contribution is 2.20. The Balaban J connectivity index is 2.29. The molecule has 2 aromatic carbocycles. The third-order valence-corrected chi connectivity index (χ3v) is 6.68. The summed E-state index contributed by atoms with van der Waals surface area (Å²) in [5.74, 6) is -0.200. The van der Waals surface area contributed by atoms with Crippen LogP contribution in [0, 0.1) is 5.92 Å². The van der Waals surface area contributed by atoms with E-state index < -0.39 is 28.3 Å². The van der Waals surface area contributed by atoms with E-state index in [4.69, 9.17) is 10.5 Å². The number of carbonyl (C=O) groups is 2. The van der Waals surface area contributed by atoms with Gasteiger partial charge in [-0.3, -0.25) is 4.79 Å². The Morgan fingerprint density at radius 1 is 1.03 bits per heavy atom. The van der Waals surface area contributed by atoms with Gasteiger partial charge in [0.2, 0.25) is 10.0 Å². The molecular weight excluding hydrogens is 432 g/mol. The fraction of sp³-hybridized carbons (Fsp3) is 0.391. The first-order valence-corrected chi connectivity index (χ1v) is 11.7.